The molecular weight excluding hydrogens is 456 g/mol. The van der Waals surface area contributed by atoms with Gasteiger partial charge < -0.3 is 4.74 Å². The minimum absolute atomic E-state index is 0.319. The molecule has 17 heavy (non-hydrogen) atoms. The number of halogens is 3. The Morgan fingerprint density at radius 3 is 2.24 bits per heavy atom. The molecule has 0 unspecified atom stereocenters. The van der Waals surface area contributed by atoms with E-state index < -0.39 is 0 Å². The van der Waals surface area contributed by atoms with E-state index in [4.69, 9.17) is 4.74 Å². The van der Waals surface area contributed by atoms with Crippen LogP contribution in [0, 0.1) is 0 Å². The molecule has 0 fully saturated rings. The van der Waals surface area contributed by atoms with Crippen molar-refractivity contribution in [2.45, 2.75) is 0 Å². The molecule has 0 aliphatic heterocycles. The molecule has 0 aliphatic carbocycles. The number of carbonyl (C=O) groups excluding carboxylic acids is 1. The molecule has 0 spiro atoms. The molecule has 0 atom stereocenters. The Morgan fingerprint density at radius 1 is 1.12 bits per heavy atom. The van der Waals surface area contributed by atoms with Crippen LogP contribution in [-0.4, -0.2) is 13.1 Å². The fraction of sp³-hybridized carbons (Fsp3) is 0.100. The molecule has 0 saturated carbocycles. The Kier molecular flexibility index (Phi) is 4.46. The molecule has 2 aromatic heterocycles. The second-order valence-electron chi connectivity index (χ2n) is 3.01. The van der Waals surface area contributed by atoms with E-state index in [9.17, 15) is 4.79 Å². The number of carbonyl (C=O) groups is 1. The highest BCUT2D eigenvalue weighted by atomic mass is 79.9. The molecule has 0 aromatic carbocycles. The van der Waals surface area contributed by atoms with Crippen LogP contribution in [0.15, 0.2) is 23.5 Å². The third-order valence-corrected chi connectivity index (χ3v) is 6.61. The van der Waals surface area contributed by atoms with Gasteiger partial charge in [-0.05, 0) is 47.8 Å². The Labute approximate surface area is 131 Å². The van der Waals surface area contributed by atoms with Crippen LogP contribution < -0.4 is 0 Å². The van der Waals surface area contributed by atoms with E-state index in [1.807, 2.05) is 10.8 Å². The van der Waals surface area contributed by atoms with Crippen LogP contribution in [0.1, 0.15) is 9.67 Å². The first-order chi connectivity index (χ1) is 8.06. The fourth-order valence-corrected chi connectivity index (χ4v) is 5.42. The Bertz CT molecular complexity index is 555. The summed E-state index contributed by atoms with van der Waals surface area (Å²) in [5, 5.41) is 3.86. The van der Waals surface area contributed by atoms with Crippen molar-refractivity contribution in [2.24, 2.45) is 0 Å². The number of rotatable bonds is 2. The van der Waals surface area contributed by atoms with E-state index in [1.54, 1.807) is 11.3 Å². The average molecular weight is 461 g/mol. The lowest BCUT2D eigenvalue weighted by Crippen LogP contribution is -2.00. The van der Waals surface area contributed by atoms with Gasteiger partial charge in [0, 0.05) is 30.8 Å². The Hall–Kier alpha value is 0.310. The lowest BCUT2D eigenvalue weighted by Gasteiger charge is -2.03. The monoisotopic (exact) mass is 458 g/mol. The second kappa shape index (κ2) is 5.52. The molecular formula is C10H5Br3O2S2. The number of hydrogen-bond donors (Lipinski definition) is 0. The molecule has 2 heterocycles. The molecule has 90 valence electrons. The summed E-state index contributed by atoms with van der Waals surface area (Å²) in [5.41, 5.74) is 1.84. The molecule has 0 aliphatic rings. The highest BCUT2D eigenvalue weighted by Crippen LogP contribution is 2.46. The number of ether oxygens (including phenoxy) is 1. The first kappa shape index (κ1) is 13.7. The number of hydrogen-bond acceptors (Lipinski definition) is 4. The third-order valence-electron chi connectivity index (χ3n) is 2.07. The molecule has 0 amide bonds. The van der Waals surface area contributed by atoms with Crippen LogP contribution in [0.2, 0.25) is 0 Å². The van der Waals surface area contributed by atoms with Gasteiger partial charge in [0.25, 0.3) is 0 Å². The van der Waals surface area contributed by atoms with Gasteiger partial charge in [-0.1, -0.05) is 0 Å². The first-order valence-electron chi connectivity index (χ1n) is 4.34. The van der Waals surface area contributed by atoms with Crippen LogP contribution in [0.5, 0.6) is 0 Å². The van der Waals surface area contributed by atoms with E-state index in [0.717, 1.165) is 23.9 Å². The number of thiophene rings is 2. The molecule has 0 bridgehead atoms. The zero-order valence-electron chi connectivity index (χ0n) is 8.42. The van der Waals surface area contributed by atoms with Crippen molar-refractivity contribution in [1.82, 2.24) is 0 Å². The summed E-state index contributed by atoms with van der Waals surface area (Å²) in [7, 11) is 1.39. The highest BCUT2D eigenvalue weighted by Gasteiger charge is 2.23. The van der Waals surface area contributed by atoms with Gasteiger partial charge in [-0.3, -0.25) is 0 Å². The molecule has 2 rings (SSSR count). The van der Waals surface area contributed by atoms with Gasteiger partial charge in [0.15, 0.2) is 0 Å². The Balaban J connectivity index is 2.67. The highest BCUT2D eigenvalue weighted by molar-refractivity contribution is 9.11. The van der Waals surface area contributed by atoms with Crippen molar-refractivity contribution in [3.8, 4) is 11.1 Å². The van der Waals surface area contributed by atoms with E-state index >= 15 is 0 Å². The van der Waals surface area contributed by atoms with Gasteiger partial charge in [-0.2, -0.15) is 0 Å². The van der Waals surface area contributed by atoms with Crippen molar-refractivity contribution < 1.29 is 9.53 Å². The van der Waals surface area contributed by atoms with Crippen molar-refractivity contribution in [3.63, 3.8) is 0 Å². The summed E-state index contributed by atoms with van der Waals surface area (Å²) < 4.78 is 7.62. The zero-order chi connectivity index (χ0) is 12.6. The lowest BCUT2D eigenvalue weighted by atomic mass is 10.1. The minimum atomic E-state index is -0.319. The van der Waals surface area contributed by atoms with Gasteiger partial charge in [0.05, 0.1) is 10.9 Å². The van der Waals surface area contributed by atoms with E-state index in [0.29, 0.717) is 4.88 Å². The smallest absolute Gasteiger partial charge is 0.348 e. The van der Waals surface area contributed by atoms with Crippen molar-refractivity contribution >= 4 is 76.4 Å². The topological polar surface area (TPSA) is 26.3 Å². The predicted octanol–water partition coefficient (Wildman–Crippen LogP) is 5.55. The third kappa shape index (κ3) is 2.53. The largest absolute Gasteiger partial charge is 0.465 e. The maximum Gasteiger partial charge on any atom is 0.348 e. The molecule has 7 heteroatoms. The number of esters is 1. The average Bonchev–Trinajstić information content (AvgIpc) is 2.82. The van der Waals surface area contributed by atoms with Gasteiger partial charge in [-0.25, -0.2) is 4.79 Å². The maximum absolute atomic E-state index is 11.7. The van der Waals surface area contributed by atoms with Crippen LogP contribution >= 0.6 is 70.5 Å². The van der Waals surface area contributed by atoms with Crippen molar-refractivity contribution in [2.75, 3.05) is 7.11 Å². The van der Waals surface area contributed by atoms with Gasteiger partial charge >= 0.3 is 5.97 Å². The summed E-state index contributed by atoms with van der Waals surface area (Å²) >= 11 is 13.4. The second-order valence-corrected chi connectivity index (χ2v) is 7.80. The minimum Gasteiger partial charge on any atom is -0.465 e. The van der Waals surface area contributed by atoms with Crippen LogP contribution in [0.3, 0.4) is 0 Å². The summed E-state index contributed by atoms with van der Waals surface area (Å²) in [4.78, 5) is 12.3. The van der Waals surface area contributed by atoms with Crippen LogP contribution in [0.4, 0.5) is 0 Å². The van der Waals surface area contributed by atoms with E-state index in [2.05, 4.69) is 47.8 Å². The molecule has 2 aromatic rings. The van der Waals surface area contributed by atoms with Crippen LogP contribution in [0.25, 0.3) is 11.1 Å². The normalized spacial score (nSPS) is 10.6. The van der Waals surface area contributed by atoms with E-state index in [1.165, 1.54) is 18.4 Å². The van der Waals surface area contributed by atoms with Crippen LogP contribution in [-0.2, 0) is 4.74 Å². The summed E-state index contributed by atoms with van der Waals surface area (Å²) in [6.07, 6.45) is 0. The molecule has 0 N–H and O–H groups in total. The fourth-order valence-electron chi connectivity index (χ4n) is 1.35. The summed E-state index contributed by atoms with van der Waals surface area (Å²) in [5.74, 6) is -0.319. The predicted molar refractivity (Wildman–Crippen MR) is 82.1 cm³/mol. The SMILES string of the molecule is COC(=O)c1scc(Br)c1-c1c(Br)csc1Br. The molecule has 0 saturated heterocycles. The zero-order valence-corrected chi connectivity index (χ0v) is 14.8. The first-order valence-corrected chi connectivity index (χ1v) is 8.48. The number of methoxy groups -OCH3 is 1. The molecule has 2 nitrogen and oxygen atoms in total. The maximum atomic E-state index is 11.7. The standard InChI is InChI=1S/C10H5Br3O2S2/c1-15-10(14)8-6(4(11)2-16-8)7-5(12)3-17-9(7)13/h2-3H,1H3. The summed E-state index contributed by atoms with van der Waals surface area (Å²) in [6, 6.07) is 0. The Morgan fingerprint density at radius 2 is 1.71 bits per heavy atom. The van der Waals surface area contributed by atoms with Gasteiger partial charge in [0.2, 0.25) is 0 Å². The van der Waals surface area contributed by atoms with Gasteiger partial charge in [0.1, 0.15) is 4.88 Å². The van der Waals surface area contributed by atoms with Gasteiger partial charge in [-0.15, -0.1) is 22.7 Å². The van der Waals surface area contributed by atoms with E-state index in [-0.39, 0.29) is 5.97 Å². The quantitative estimate of drug-likeness (QED) is 0.549. The van der Waals surface area contributed by atoms with Crippen molar-refractivity contribution in [1.29, 1.82) is 0 Å². The summed E-state index contributed by atoms with van der Waals surface area (Å²) in [6.45, 7) is 0. The lowest BCUT2D eigenvalue weighted by molar-refractivity contribution is 0.0607. The molecule has 0 radical (unpaired) electrons. The van der Waals surface area contributed by atoms with Crippen molar-refractivity contribution in [3.05, 3.63) is 28.4 Å².